The number of rotatable bonds is 2. The molecule has 1 atom stereocenters. The highest BCUT2D eigenvalue weighted by Gasteiger charge is 2.50. The van der Waals surface area contributed by atoms with Crippen LogP contribution in [0.15, 0.2) is 30.3 Å². The van der Waals surface area contributed by atoms with Crippen LogP contribution in [0.2, 0.25) is 0 Å². The van der Waals surface area contributed by atoms with Gasteiger partial charge in [-0.1, -0.05) is 30.3 Å². The molecule has 1 aromatic carbocycles. The largest absolute Gasteiger partial charge is 0.431 e. The van der Waals surface area contributed by atoms with Crippen LogP contribution >= 0.6 is 0 Å². The van der Waals surface area contributed by atoms with Crippen molar-refractivity contribution < 1.29 is 18.3 Å². The number of alkyl halides is 3. The van der Waals surface area contributed by atoms with Crippen LogP contribution in [0.3, 0.4) is 0 Å². The molecule has 0 aromatic heterocycles. The second-order valence-corrected chi connectivity index (χ2v) is 3.08. The van der Waals surface area contributed by atoms with Crippen molar-refractivity contribution in [1.29, 1.82) is 0 Å². The Kier molecular flexibility index (Phi) is 2.82. The molecule has 0 amide bonds. The summed E-state index contributed by atoms with van der Waals surface area (Å²) in [4.78, 5) is 0. The lowest BCUT2D eigenvalue weighted by Gasteiger charge is -2.25. The lowest BCUT2D eigenvalue weighted by Crippen LogP contribution is -2.55. The first-order valence-corrected chi connectivity index (χ1v) is 3.95. The van der Waals surface area contributed by atoms with Gasteiger partial charge in [0.05, 0.1) is 0 Å². The normalized spacial score (nSPS) is 16.4. The molecule has 5 heteroatoms. The second kappa shape index (κ2) is 3.59. The standard InChI is InChI=1S/C9H10F3NO/c10-9(11,12)8(13,14)6-7-4-2-1-3-5-7/h1-5,14H,6,13H2. The molecule has 0 radical (unpaired) electrons. The van der Waals surface area contributed by atoms with Crippen LogP contribution < -0.4 is 5.73 Å². The summed E-state index contributed by atoms with van der Waals surface area (Å²) in [5.41, 5.74) is 1.94. The molecule has 14 heavy (non-hydrogen) atoms. The van der Waals surface area contributed by atoms with Crippen molar-refractivity contribution in [3.63, 3.8) is 0 Å². The minimum atomic E-state index is -4.82. The first-order chi connectivity index (χ1) is 6.33. The molecular weight excluding hydrogens is 195 g/mol. The summed E-state index contributed by atoms with van der Waals surface area (Å²) >= 11 is 0. The highest BCUT2D eigenvalue weighted by molar-refractivity contribution is 5.17. The third-order valence-electron chi connectivity index (χ3n) is 1.81. The third kappa shape index (κ3) is 2.46. The van der Waals surface area contributed by atoms with Gasteiger partial charge >= 0.3 is 6.18 Å². The Labute approximate surface area is 79.2 Å². The molecule has 0 spiro atoms. The second-order valence-electron chi connectivity index (χ2n) is 3.08. The summed E-state index contributed by atoms with van der Waals surface area (Å²) in [6.45, 7) is 0. The fourth-order valence-electron chi connectivity index (χ4n) is 1.01. The molecule has 0 aliphatic rings. The third-order valence-corrected chi connectivity index (χ3v) is 1.81. The van der Waals surface area contributed by atoms with E-state index in [0.29, 0.717) is 5.56 Å². The highest BCUT2D eigenvalue weighted by Crippen LogP contribution is 2.28. The Bertz CT molecular complexity index is 295. The summed E-state index contributed by atoms with van der Waals surface area (Å²) < 4.78 is 36.4. The van der Waals surface area contributed by atoms with Crippen LogP contribution in [0, 0.1) is 0 Å². The highest BCUT2D eigenvalue weighted by atomic mass is 19.4. The van der Waals surface area contributed by atoms with Gasteiger partial charge in [0.25, 0.3) is 0 Å². The minimum absolute atomic E-state index is 0.342. The van der Waals surface area contributed by atoms with E-state index >= 15 is 0 Å². The lowest BCUT2D eigenvalue weighted by molar-refractivity contribution is -0.257. The maximum Gasteiger partial charge on any atom is 0.431 e. The van der Waals surface area contributed by atoms with Crippen LogP contribution in [0.1, 0.15) is 5.56 Å². The van der Waals surface area contributed by atoms with Crippen LogP contribution in [-0.2, 0) is 6.42 Å². The average molecular weight is 205 g/mol. The molecule has 0 saturated carbocycles. The molecular formula is C9H10F3NO. The fourth-order valence-corrected chi connectivity index (χ4v) is 1.01. The van der Waals surface area contributed by atoms with Crippen molar-refractivity contribution in [2.24, 2.45) is 5.73 Å². The molecule has 0 bridgehead atoms. The molecule has 78 valence electrons. The SMILES string of the molecule is NC(O)(Cc1ccccc1)C(F)(F)F. The summed E-state index contributed by atoms with van der Waals surface area (Å²) in [5, 5.41) is 8.96. The van der Waals surface area contributed by atoms with Gasteiger partial charge in [-0.2, -0.15) is 13.2 Å². The van der Waals surface area contributed by atoms with Crippen molar-refractivity contribution in [3.05, 3.63) is 35.9 Å². The minimum Gasteiger partial charge on any atom is -0.368 e. The number of benzene rings is 1. The van der Waals surface area contributed by atoms with Gasteiger partial charge in [-0.05, 0) is 5.56 Å². The Balaban J connectivity index is 2.79. The predicted molar refractivity (Wildman–Crippen MR) is 45.3 cm³/mol. The molecule has 1 aromatic rings. The van der Waals surface area contributed by atoms with Gasteiger partial charge in [0, 0.05) is 6.42 Å². The molecule has 1 rings (SSSR count). The Morgan fingerprint density at radius 1 is 1.14 bits per heavy atom. The quantitative estimate of drug-likeness (QED) is 0.717. The molecule has 0 saturated heterocycles. The molecule has 0 heterocycles. The van der Waals surface area contributed by atoms with Crippen molar-refractivity contribution >= 4 is 0 Å². The van der Waals surface area contributed by atoms with E-state index in [1.54, 1.807) is 18.2 Å². The lowest BCUT2D eigenvalue weighted by atomic mass is 10.0. The van der Waals surface area contributed by atoms with Crippen LogP contribution in [-0.4, -0.2) is 17.0 Å². The topological polar surface area (TPSA) is 46.2 Å². The molecule has 0 aliphatic heterocycles. The van der Waals surface area contributed by atoms with E-state index in [9.17, 15) is 13.2 Å². The Morgan fingerprint density at radius 3 is 2.07 bits per heavy atom. The van der Waals surface area contributed by atoms with Crippen molar-refractivity contribution in [1.82, 2.24) is 0 Å². The van der Waals surface area contributed by atoms with Gasteiger partial charge in [0.1, 0.15) is 0 Å². The summed E-state index contributed by atoms with van der Waals surface area (Å²) in [7, 11) is 0. The van der Waals surface area contributed by atoms with E-state index in [4.69, 9.17) is 10.8 Å². The maximum atomic E-state index is 12.1. The van der Waals surface area contributed by atoms with E-state index in [1.807, 2.05) is 0 Å². The number of hydrogen-bond acceptors (Lipinski definition) is 2. The van der Waals surface area contributed by atoms with E-state index < -0.39 is 18.3 Å². The van der Waals surface area contributed by atoms with Crippen LogP contribution in [0.4, 0.5) is 13.2 Å². The van der Waals surface area contributed by atoms with Gasteiger partial charge < -0.3 is 5.11 Å². The Morgan fingerprint density at radius 2 is 1.64 bits per heavy atom. The molecule has 1 unspecified atom stereocenters. The number of aliphatic hydroxyl groups is 1. The van der Waals surface area contributed by atoms with Crippen LogP contribution in [0.25, 0.3) is 0 Å². The summed E-state index contributed by atoms with van der Waals surface area (Å²) in [6, 6.07) is 7.80. The van der Waals surface area contributed by atoms with Crippen molar-refractivity contribution in [2.45, 2.75) is 18.3 Å². The van der Waals surface area contributed by atoms with E-state index in [1.165, 1.54) is 12.1 Å². The van der Waals surface area contributed by atoms with Gasteiger partial charge in [-0.15, -0.1) is 0 Å². The zero-order chi connectivity index (χ0) is 10.8. The van der Waals surface area contributed by atoms with Crippen molar-refractivity contribution in [3.8, 4) is 0 Å². The predicted octanol–water partition coefficient (Wildman–Crippen LogP) is 1.44. The van der Waals surface area contributed by atoms with E-state index in [0.717, 1.165) is 0 Å². The summed E-state index contributed by atoms with van der Waals surface area (Å²) in [5.74, 6) is 0. The molecule has 0 fully saturated rings. The van der Waals surface area contributed by atoms with Crippen molar-refractivity contribution in [2.75, 3.05) is 0 Å². The van der Waals surface area contributed by atoms with Gasteiger partial charge in [-0.25, -0.2) is 0 Å². The van der Waals surface area contributed by atoms with Gasteiger partial charge in [0.2, 0.25) is 5.72 Å². The maximum absolute atomic E-state index is 12.1. The summed E-state index contributed by atoms with van der Waals surface area (Å²) in [6.07, 6.45) is -5.46. The Hall–Kier alpha value is -1.07. The number of hydrogen-bond donors (Lipinski definition) is 2. The number of nitrogens with two attached hydrogens (primary N) is 1. The molecule has 2 nitrogen and oxygen atoms in total. The zero-order valence-electron chi connectivity index (χ0n) is 7.25. The monoisotopic (exact) mass is 205 g/mol. The fraction of sp³-hybridized carbons (Fsp3) is 0.333. The van der Waals surface area contributed by atoms with Gasteiger partial charge in [0.15, 0.2) is 0 Å². The van der Waals surface area contributed by atoms with E-state index in [-0.39, 0.29) is 0 Å². The molecule has 3 N–H and O–H groups in total. The van der Waals surface area contributed by atoms with E-state index in [2.05, 4.69) is 0 Å². The average Bonchev–Trinajstić information content (AvgIpc) is 2.03. The first kappa shape index (κ1) is 11.0. The van der Waals surface area contributed by atoms with Crippen LogP contribution in [0.5, 0.6) is 0 Å². The molecule has 0 aliphatic carbocycles. The van der Waals surface area contributed by atoms with Gasteiger partial charge in [-0.3, -0.25) is 5.73 Å². The first-order valence-electron chi connectivity index (χ1n) is 3.95. The zero-order valence-corrected chi connectivity index (χ0v) is 7.25. The number of halogens is 3. The smallest absolute Gasteiger partial charge is 0.368 e.